The lowest BCUT2D eigenvalue weighted by molar-refractivity contribution is 0.181. The van der Waals surface area contributed by atoms with Crippen molar-refractivity contribution in [3.8, 4) is 0 Å². The van der Waals surface area contributed by atoms with E-state index in [1.807, 2.05) is 6.20 Å². The standard InChI is InChI=1S/C15H28N4O/c1-3-18-9-5-14(6-10-18)13-19-11-8-17-15(19)16-7-4-12-20-2/h8,11,14H,3-7,9-10,12-13H2,1-2H3,(H,16,17). The van der Waals surface area contributed by atoms with Crippen molar-refractivity contribution in [3.63, 3.8) is 0 Å². The summed E-state index contributed by atoms with van der Waals surface area (Å²) in [5, 5.41) is 3.40. The largest absolute Gasteiger partial charge is 0.385 e. The monoisotopic (exact) mass is 280 g/mol. The lowest BCUT2D eigenvalue weighted by Gasteiger charge is -2.31. The molecule has 114 valence electrons. The third-order valence-electron chi connectivity index (χ3n) is 4.13. The molecule has 0 radical (unpaired) electrons. The fraction of sp³-hybridized carbons (Fsp3) is 0.800. The fourth-order valence-electron chi connectivity index (χ4n) is 2.80. The van der Waals surface area contributed by atoms with Gasteiger partial charge < -0.3 is 19.5 Å². The minimum Gasteiger partial charge on any atom is -0.385 e. The highest BCUT2D eigenvalue weighted by molar-refractivity contribution is 5.25. The summed E-state index contributed by atoms with van der Waals surface area (Å²) >= 11 is 0. The number of hydrogen-bond acceptors (Lipinski definition) is 4. The molecule has 0 aliphatic carbocycles. The topological polar surface area (TPSA) is 42.3 Å². The van der Waals surface area contributed by atoms with Crippen molar-refractivity contribution in [1.82, 2.24) is 14.5 Å². The number of methoxy groups -OCH3 is 1. The van der Waals surface area contributed by atoms with E-state index in [4.69, 9.17) is 4.74 Å². The summed E-state index contributed by atoms with van der Waals surface area (Å²) in [7, 11) is 1.74. The zero-order chi connectivity index (χ0) is 14.2. The first-order chi connectivity index (χ1) is 9.83. The van der Waals surface area contributed by atoms with Gasteiger partial charge in [-0.3, -0.25) is 0 Å². The molecule has 0 bridgehead atoms. The van der Waals surface area contributed by atoms with Crippen LogP contribution < -0.4 is 5.32 Å². The van der Waals surface area contributed by atoms with Crippen molar-refractivity contribution in [3.05, 3.63) is 12.4 Å². The number of rotatable bonds is 8. The number of nitrogens with zero attached hydrogens (tertiary/aromatic N) is 3. The van der Waals surface area contributed by atoms with E-state index in [0.29, 0.717) is 0 Å². The van der Waals surface area contributed by atoms with Gasteiger partial charge in [-0.2, -0.15) is 0 Å². The summed E-state index contributed by atoms with van der Waals surface area (Å²) < 4.78 is 7.32. The van der Waals surface area contributed by atoms with Crippen LogP contribution in [0.25, 0.3) is 0 Å². The maximum atomic E-state index is 5.06. The smallest absolute Gasteiger partial charge is 0.202 e. The van der Waals surface area contributed by atoms with Crippen LogP contribution in [0.3, 0.4) is 0 Å². The Bertz CT molecular complexity index is 372. The minimum absolute atomic E-state index is 0.784. The van der Waals surface area contributed by atoms with Gasteiger partial charge in [0.25, 0.3) is 0 Å². The van der Waals surface area contributed by atoms with E-state index in [1.165, 1.54) is 32.5 Å². The molecule has 0 unspecified atom stereocenters. The number of likely N-dealkylation sites (tertiary alicyclic amines) is 1. The second-order valence-corrected chi connectivity index (χ2v) is 5.55. The molecule has 1 aliphatic rings. The SMILES string of the molecule is CCN1CCC(Cn2ccnc2NCCCOC)CC1. The molecule has 2 rings (SSSR count). The van der Waals surface area contributed by atoms with Crippen molar-refractivity contribution in [2.75, 3.05) is 45.2 Å². The van der Waals surface area contributed by atoms with Crippen molar-refractivity contribution >= 4 is 5.95 Å². The fourth-order valence-corrected chi connectivity index (χ4v) is 2.80. The van der Waals surface area contributed by atoms with Crippen LogP contribution in [0.15, 0.2) is 12.4 Å². The number of hydrogen-bond donors (Lipinski definition) is 1. The van der Waals surface area contributed by atoms with Gasteiger partial charge in [-0.05, 0) is 44.8 Å². The van der Waals surface area contributed by atoms with E-state index in [9.17, 15) is 0 Å². The molecule has 5 nitrogen and oxygen atoms in total. The summed E-state index contributed by atoms with van der Waals surface area (Å²) in [5.41, 5.74) is 0. The van der Waals surface area contributed by atoms with Crippen LogP contribution in [-0.4, -0.2) is 54.3 Å². The van der Waals surface area contributed by atoms with Crippen LogP contribution in [0.2, 0.25) is 0 Å². The van der Waals surface area contributed by atoms with Crippen molar-refractivity contribution in [2.45, 2.75) is 32.7 Å². The third-order valence-corrected chi connectivity index (χ3v) is 4.13. The molecule has 1 aromatic rings. The molecule has 0 spiro atoms. The van der Waals surface area contributed by atoms with E-state index in [-0.39, 0.29) is 0 Å². The second kappa shape index (κ2) is 8.27. The van der Waals surface area contributed by atoms with Gasteiger partial charge in [0.2, 0.25) is 5.95 Å². The van der Waals surface area contributed by atoms with Crippen molar-refractivity contribution < 1.29 is 4.74 Å². The third kappa shape index (κ3) is 4.49. The van der Waals surface area contributed by atoms with Gasteiger partial charge in [-0.25, -0.2) is 4.98 Å². The van der Waals surface area contributed by atoms with Crippen molar-refractivity contribution in [1.29, 1.82) is 0 Å². The molecule has 0 amide bonds. The van der Waals surface area contributed by atoms with Gasteiger partial charge in [0, 0.05) is 39.2 Å². The van der Waals surface area contributed by atoms with Crippen LogP contribution >= 0.6 is 0 Å². The Morgan fingerprint density at radius 1 is 1.40 bits per heavy atom. The average molecular weight is 280 g/mol. The van der Waals surface area contributed by atoms with E-state index >= 15 is 0 Å². The Morgan fingerprint density at radius 2 is 2.20 bits per heavy atom. The highest BCUT2D eigenvalue weighted by atomic mass is 16.5. The highest BCUT2D eigenvalue weighted by Crippen LogP contribution is 2.20. The number of aromatic nitrogens is 2. The molecule has 1 saturated heterocycles. The summed E-state index contributed by atoms with van der Waals surface area (Å²) in [6.07, 6.45) is 7.59. The van der Waals surface area contributed by atoms with Crippen LogP contribution in [0.4, 0.5) is 5.95 Å². The molecular weight excluding hydrogens is 252 g/mol. The van der Waals surface area contributed by atoms with Crippen LogP contribution in [0.1, 0.15) is 26.2 Å². The molecule has 5 heteroatoms. The molecule has 0 aromatic carbocycles. The van der Waals surface area contributed by atoms with Gasteiger partial charge >= 0.3 is 0 Å². The first-order valence-corrected chi connectivity index (χ1v) is 7.79. The number of anilines is 1. The van der Waals surface area contributed by atoms with Crippen LogP contribution in [0.5, 0.6) is 0 Å². The Labute approximate surface area is 122 Å². The van der Waals surface area contributed by atoms with E-state index < -0.39 is 0 Å². The van der Waals surface area contributed by atoms with Gasteiger partial charge in [0.1, 0.15) is 0 Å². The first kappa shape index (κ1) is 15.3. The Kier molecular flexibility index (Phi) is 6.33. The minimum atomic E-state index is 0.784. The summed E-state index contributed by atoms with van der Waals surface area (Å²) in [6.45, 7) is 8.72. The van der Waals surface area contributed by atoms with E-state index in [1.54, 1.807) is 7.11 Å². The summed E-state index contributed by atoms with van der Waals surface area (Å²) in [6, 6.07) is 0. The quantitative estimate of drug-likeness (QED) is 0.740. The zero-order valence-electron chi connectivity index (χ0n) is 12.8. The molecule has 1 fully saturated rings. The number of ether oxygens (including phenoxy) is 1. The maximum Gasteiger partial charge on any atom is 0.202 e. The molecule has 2 heterocycles. The van der Waals surface area contributed by atoms with Crippen LogP contribution in [-0.2, 0) is 11.3 Å². The summed E-state index contributed by atoms with van der Waals surface area (Å²) in [4.78, 5) is 6.95. The number of piperidine rings is 1. The normalized spacial score (nSPS) is 17.5. The first-order valence-electron chi connectivity index (χ1n) is 7.79. The predicted octanol–water partition coefficient (Wildman–Crippen LogP) is 2.06. The zero-order valence-corrected chi connectivity index (χ0v) is 12.8. The second-order valence-electron chi connectivity index (χ2n) is 5.55. The van der Waals surface area contributed by atoms with Gasteiger partial charge in [-0.1, -0.05) is 6.92 Å². The van der Waals surface area contributed by atoms with Gasteiger partial charge in [0.05, 0.1) is 0 Å². The number of imidazole rings is 1. The Balaban J connectivity index is 1.77. The molecule has 0 atom stereocenters. The Morgan fingerprint density at radius 3 is 2.90 bits per heavy atom. The summed E-state index contributed by atoms with van der Waals surface area (Å²) in [5.74, 6) is 1.78. The Hall–Kier alpha value is -1.07. The van der Waals surface area contributed by atoms with Gasteiger partial charge in [-0.15, -0.1) is 0 Å². The van der Waals surface area contributed by atoms with Crippen LogP contribution in [0, 0.1) is 5.92 Å². The van der Waals surface area contributed by atoms with E-state index in [2.05, 4.69) is 32.9 Å². The number of nitrogens with one attached hydrogen (secondary N) is 1. The van der Waals surface area contributed by atoms with Gasteiger partial charge in [0.15, 0.2) is 0 Å². The molecule has 20 heavy (non-hydrogen) atoms. The molecule has 1 N–H and O–H groups in total. The molecule has 1 aliphatic heterocycles. The lowest BCUT2D eigenvalue weighted by atomic mass is 9.97. The predicted molar refractivity (Wildman–Crippen MR) is 82.0 cm³/mol. The maximum absolute atomic E-state index is 5.06. The van der Waals surface area contributed by atoms with E-state index in [0.717, 1.165) is 38.0 Å². The van der Waals surface area contributed by atoms with Crippen molar-refractivity contribution in [2.24, 2.45) is 5.92 Å². The molecule has 0 saturated carbocycles. The lowest BCUT2D eigenvalue weighted by Crippen LogP contribution is -2.34. The highest BCUT2D eigenvalue weighted by Gasteiger charge is 2.19. The average Bonchev–Trinajstić information content (AvgIpc) is 2.92. The molecular formula is C15H28N4O. The molecule has 1 aromatic heterocycles.